The number of anilines is 1. The van der Waals surface area contributed by atoms with Crippen molar-refractivity contribution < 1.29 is 0 Å². The van der Waals surface area contributed by atoms with Crippen LogP contribution in [0.1, 0.15) is 37.3 Å². The van der Waals surface area contributed by atoms with E-state index in [1.54, 1.807) is 0 Å². The predicted molar refractivity (Wildman–Crippen MR) is 79.3 cm³/mol. The van der Waals surface area contributed by atoms with E-state index < -0.39 is 0 Å². The van der Waals surface area contributed by atoms with Crippen molar-refractivity contribution in [3.8, 4) is 0 Å². The monoisotopic (exact) mass is 246 g/mol. The first-order chi connectivity index (χ1) is 8.70. The second-order valence-corrected chi connectivity index (χ2v) is 5.53. The molecule has 0 atom stereocenters. The third kappa shape index (κ3) is 3.26. The highest BCUT2D eigenvalue weighted by Crippen LogP contribution is 2.23. The SMILES string of the molecule is CCCN1CCC(Nc2c(C)cccc2C)CC1. The molecule has 1 aromatic rings. The molecule has 2 heteroatoms. The number of piperidine rings is 1. The van der Waals surface area contributed by atoms with E-state index in [1.807, 2.05) is 0 Å². The molecule has 1 heterocycles. The molecule has 2 nitrogen and oxygen atoms in total. The number of likely N-dealkylation sites (tertiary alicyclic amines) is 1. The second-order valence-electron chi connectivity index (χ2n) is 5.53. The molecule has 0 spiro atoms. The molecule has 1 aromatic carbocycles. The van der Waals surface area contributed by atoms with Crippen LogP contribution < -0.4 is 5.32 Å². The zero-order valence-corrected chi connectivity index (χ0v) is 12.0. The molecular formula is C16H26N2. The number of nitrogens with one attached hydrogen (secondary N) is 1. The van der Waals surface area contributed by atoms with Crippen LogP contribution in [0.15, 0.2) is 18.2 Å². The molecule has 2 rings (SSSR count). The largest absolute Gasteiger partial charge is 0.382 e. The molecule has 0 bridgehead atoms. The minimum atomic E-state index is 0.651. The third-order valence-electron chi connectivity index (χ3n) is 3.96. The highest BCUT2D eigenvalue weighted by atomic mass is 15.1. The Hall–Kier alpha value is -1.02. The van der Waals surface area contributed by atoms with Gasteiger partial charge in [-0.05, 0) is 50.8 Å². The Bertz CT molecular complexity index is 358. The normalized spacial score (nSPS) is 17.9. The topological polar surface area (TPSA) is 15.3 Å². The van der Waals surface area contributed by atoms with Crippen LogP contribution in [-0.4, -0.2) is 30.6 Å². The van der Waals surface area contributed by atoms with Crippen molar-refractivity contribution >= 4 is 5.69 Å². The zero-order chi connectivity index (χ0) is 13.0. The fourth-order valence-electron chi connectivity index (χ4n) is 2.86. The summed E-state index contributed by atoms with van der Waals surface area (Å²) in [4.78, 5) is 2.59. The van der Waals surface area contributed by atoms with E-state index >= 15 is 0 Å². The average Bonchev–Trinajstić information content (AvgIpc) is 2.36. The molecule has 1 saturated heterocycles. The maximum absolute atomic E-state index is 3.75. The lowest BCUT2D eigenvalue weighted by molar-refractivity contribution is 0.219. The van der Waals surface area contributed by atoms with Gasteiger partial charge in [0.2, 0.25) is 0 Å². The number of para-hydroxylation sites is 1. The van der Waals surface area contributed by atoms with E-state index in [9.17, 15) is 0 Å². The molecule has 0 aromatic heterocycles. The predicted octanol–water partition coefficient (Wildman–Crippen LogP) is 3.59. The van der Waals surface area contributed by atoms with Crippen LogP contribution in [0.2, 0.25) is 0 Å². The molecule has 0 saturated carbocycles. The minimum absolute atomic E-state index is 0.651. The van der Waals surface area contributed by atoms with Gasteiger partial charge < -0.3 is 10.2 Å². The first-order valence-corrected chi connectivity index (χ1v) is 7.25. The maximum atomic E-state index is 3.75. The molecule has 1 N–H and O–H groups in total. The van der Waals surface area contributed by atoms with Crippen molar-refractivity contribution in [1.82, 2.24) is 4.90 Å². The van der Waals surface area contributed by atoms with Gasteiger partial charge in [0, 0.05) is 24.8 Å². The van der Waals surface area contributed by atoms with E-state index in [4.69, 9.17) is 0 Å². The first kappa shape index (κ1) is 13.4. The van der Waals surface area contributed by atoms with Crippen LogP contribution in [0.25, 0.3) is 0 Å². The van der Waals surface area contributed by atoms with Crippen molar-refractivity contribution in [2.45, 2.75) is 46.1 Å². The van der Waals surface area contributed by atoms with Gasteiger partial charge >= 0.3 is 0 Å². The lowest BCUT2D eigenvalue weighted by Crippen LogP contribution is -2.39. The average molecular weight is 246 g/mol. The molecule has 100 valence electrons. The molecule has 1 aliphatic rings. The van der Waals surface area contributed by atoms with Crippen LogP contribution in [0.4, 0.5) is 5.69 Å². The summed E-state index contributed by atoms with van der Waals surface area (Å²) >= 11 is 0. The van der Waals surface area contributed by atoms with Gasteiger partial charge in [0.15, 0.2) is 0 Å². The number of aryl methyl sites for hydroxylation is 2. The smallest absolute Gasteiger partial charge is 0.0401 e. The van der Waals surface area contributed by atoms with Gasteiger partial charge in [-0.1, -0.05) is 25.1 Å². The van der Waals surface area contributed by atoms with Gasteiger partial charge in [0.1, 0.15) is 0 Å². The van der Waals surface area contributed by atoms with Crippen LogP contribution in [0.3, 0.4) is 0 Å². The van der Waals surface area contributed by atoms with Gasteiger partial charge in [-0.3, -0.25) is 0 Å². The molecule has 1 aliphatic heterocycles. The summed E-state index contributed by atoms with van der Waals surface area (Å²) in [5.74, 6) is 0. The summed E-state index contributed by atoms with van der Waals surface area (Å²) in [5, 5.41) is 3.75. The highest BCUT2D eigenvalue weighted by Gasteiger charge is 2.19. The third-order valence-corrected chi connectivity index (χ3v) is 3.96. The Kier molecular flexibility index (Phi) is 4.65. The van der Waals surface area contributed by atoms with Crippen molar-refractivity contribution in [3.05, 3.63) is 29.3 Å². The van der Waals surface area contributed by atoms with E-state index in [1.165, 1.54) is 55.7 Å². The van der Waals surface area contributed by atoms with Crippen LogP contribution >= 0.6 is 0 Å². The summed E-state index contributed by atoms with van der Waals surface area (Å²) < 4.78 is 0. The van der Waals surface area contributed by atoms with Gasteiger partial charge in [-0.15, -0.1) is 0 Å². The standard InChI is InChI=1S/C16H26N2/c1-4-10-18-11-8-15(9-12-18)17-16-13(2)6-5-7-14(16)3/h5-7,15,17H,4,8-12H2,1-3H3. The molecular weight excluding hydrogens is 220 g/mol. The fraction of sp³-hybridized carbons (Fsp3) is 0.625. The number of benzene rings is 1. The number of hydrogen-bond acceptors (Lipinski definition) is 2. The van der Waals surface area contributed by atoms with Crippen LogP contribution in [-0.2, 0) is 0 Å². The molecule has 1 fully saturated rings. The lowest BCUT2D eigenvalue weighted by Gasteiger charge is -2.33. The lowest BCUT2D eigenvalue weighted by atomic mass is 10.0. The quantitative estimate of drug-likeness (QED) is 0.873. The molecule has 18 heavy (non-hydrogen) atoms. The number of nitrogens with zero attached hydrogens (tertiary/aromatic N) is 1. The summed E-state index contributed by atoms with van der Waals surface area (Å²) in [6, 6.07) is 7.18. The van der Waals surface area contributed by atoms with E-state index in [2.05, 4.69) is 49.2 Å². The van der Waals surface area contributed by atoms with Crippen molar-refractivity contribution in [3.63, 3.8) is 0 Å². The number of rotatable bonds is 4. The Morgan fingerprint density at radius 3 is 2.33 bits per heavy atom. The van der Waals surface area contributed by atoms with Crippen LogP contribution in [0.5, 0.6) is 0 Å². The van der Waals surface area contributed by atoms with Crippen molar-refractivity contribution in [2.24, 2.45) is 0 Å². The molecule has 0 aliphatic carbocycles. The summed E-state index contributed by atoms with van der Waals surface area (Å²) in [5.41, 5.74) is 4.09. The first-order valence-electron chi connectivity index (χ1n) is 7.25. The van der Waals surface area contributed by atoms with E-state index in [0.717, 1.165) is 0 Å². The van der Waals surface area contributed by atoms with Crippen molar-refractivity contribution in [2.75, 3.05) is 25.0 Å². The highest BCUT2D eigenvalue weighted by molar-refractivity contribution is 5.57. The molecule has 0 amide bonds. The Labute approximate surface area is 111 Å². The minimum Gasteiger partial charge on any atom is -0.382 e. The van der Waals surface area contributed by atoms with Crippen LogP contribution in [0, 0.1) is 13.8 Å². The summed E-state index contributed by atoms with van der Waals surface area (Å²) in [6.45, 7) is 10.4. The molecule has 0 radical (unpaired) electrons. The van der Waals surface area contributed by atoms with E-state index in [0.29, 0.717) is 6.04 Å². The Morgan fingerprint density at radius 2 is 1.78 bits per heavy atom. The fourth-order valence-corrected chi connectivity index (χ4v) is 2.86. The van der Waals surface area contributed by atoms with Gasteiger partial charge in [-0.2, -0.15) is 0 Å². The molecule has 0 unspecified atom stereocenters. The number of hydrogen-bond donors (Lipinski definition) is 1. The summed E-state index contributed by atoms with van der Waals surface area (Å²) in [7, 11) is 0. The second kappa shape index (κ2) is 6.24. The van der Waals surface area contributed by atoms with Gasteiger partial charge in [-0.25, -0.2) is 0 Å². The van der Waals surface area contributed by atoms with Gasteiger partial charge in [0.05, 0.1) is 0 Å². The Balaban J connectivity index is 1.92. The van der Waals surface area contributed by atoms with Crippen molar-refractivity contribution in [1.29, 1.82) is 0 Å². The van der Waals surface area contributed by atoms with Gasteiger partial charge in [0.25, 0.3) is 0 Å². The zero-order valence-electron chi connectivity index (χ0n) is 12.0. The van der Waals surface area contributed by atoms with E-state index in [-0.39, 0.29) is 0 Å². The Morgan fingerprint density at radius 1 is 1.17 bits per heavy atom. The maximum Gasteiger partial charge on any atom is 0.0401 e. The summed E-state index contributed by atoms with van der Waals surface area (Å²) in [6.07, 6.45) is 3.82.